The largest absolute Gasteiger partial charge is 0.352 e. The molecule has 4 nitrogen and oxygen atoms in total. The number of nitrogens with zero attached hydrogens (tertiary/aromatic N) is 1. The SMILES string of the molecule is NCCNc1onc2ccc(Cl)cc12. The number of halogens is 1. The molecule has 0 aliphatic heterocycles. The van der Waals surface area contributed by atoms with Crippen molar-refractivity contribution in [2.24, 2.45) is 5.73 Å². The molecule has 0 atom stereocenters. The van der Waals surface area contributed by atoms with Crippen LogP contribution in [0.15, 0.2) is 22.7 Å². The summed E-state index contributed by atoms with van der Waals surface area (Å²) < 4.78 is 5.10. The smallest absolute Gasteiger partial charge is 0.232 e. The van der Waals surface area contributed by atoms with Crippen molar-refractivity contribution in [2.45, 2.75) is 0 Å². The summed E-state index contributed by atoms with van der Waals surface area (Å²) in [7, 11) is 0. The van der Waals surface area contributed by atoms with Gasteiger partial charge in [-0.1, -0.05) is 16.8 Å². The first-order chi connectivity index (χ1) is 6.81. The number of hydrogen-bond donors (Lipinski definition) is 2. The standard InChI is InChI=1S/C9H10ClN3O/c10-6-1-2-8-7(5-6)9(14-13-8)12-4-3-11/h1-2,5,12H,3-4,11H2. The Labute approximate surface area is 86.0 Å². The average molecular weight is 212 g/mol. The number of nitrogens with one attached hydrogen (secondary N) is 1. The predicted octanol–water partition coefficient (Wildman–Crippen LogP) is 1.85. The summed E-state index contributed by atoms with van der Waals surface area (Å²) >= 11 is 5.86. The van der Waals surface area contributed by atoms with Crippen LogP contribution in [0.3, 0.4) is 0 Å². The highest BCUT2D eigenvalue weighted by Gasteiger charge is 2.07. The number of fused-ring (bicyclic) bond motifs is 1. The number of hydrogen-bond acceptors (Lipinski definition) is 4. The zero-order valence-corrected chi connectivity index (χ0v) is 8.21. The lowest BCUT2D eigenvalue weighted by Gasteiger charge is -1.98. The zero-order valence-electron chi connectivity index (χ0n) is 7.46. The van der Waals surface area contributed by atoms with Crippen LogP contribution in [0.2, 0.25) is 5.02 Å². The van der Waals surface area contributed by atoms with Crippen LogP contribution in [0.4, 0.5) is 5.88 Å². The molecule has 0 unspecified atom stereocenters. The van der Waals surface area contributed by atoms with Crippen molar-refractivity contribution in [1.29, 1.82) is 0 Å². The van der Waals surface area contributed by atoms with E-state index in [2.05, 4.69) is 10.5 Å². The van der Waals surface area contributed by atoms with Gasteiger partial charge < -0.3 is 15.6 Å². The van der Waals surface area contributed by atoms with Crippen LogP contribution in [-0.4, -0.2) is 18.2 Å². The van der Waals surface area contributed by atoms with E-state index in [9.17, 15) is 0 Å². The molecule has 2 rings (SSSR count). The summed E-state index contributed by atoms with van der Waals surface area (Å²) in [6, 6.07) is 5.40. The normalized spacial score (nSPS) is 10.7. The van der Waals surface area contributed by atoms with E-state index in [-0.39, 0.29) is 0 Å². The maximum Gasteiger partial charge on any atom is 0.232 e. The molecule has 0 saturated carbocycles. The molecule has 0 aliphatic carbocycles. The number of nitrogens with two attached hydrogens (primary N) is 1. The monoisotopic (exact) mass is 211 g/mol. The molecule has 3 N–H and O–H groups in total. The third kappa shape index (κ3) is 1.66. The quantitative estimate of drug-likeness (QED) is 0.814. The minimum Gasteiger partial charge on any atom is -0.352 e. The summed E-state index contributed by atoms with van der Waals surface area (Å²) in [6.07, 6.45) is 0. The molecule has 0 radical (unpaired) electrons. The van der Waals surface area contributed by atoms with Gasteiger partial charge in [-0.15, -0.1) is 0 Å². The van der Waals surface area contributed by atoms with Crippen LogP contribution >= 0.6 is 11.6 Å². The Morgan fingerprint density at radius 2 is 2.36 bits per heavy atom. The summed E-state index contributed by atoms with van der Waals surface area (Å²) in [6.45, 7) is 1.19. The zero-order chi connectivity index (χ0) is 9.97. The topological polar surface area (TPSA) is 64.1 Å². The van der Waals surface area contributed by atoms with Crippen molar-refractivity contribution < 1.29 is 4.52 Å². The molecule has 0 bridgehead atoms. The lowest BCUT2D eigenvalue weighted by Crippen LogP contribution is -2.12. The molecule has 1 aromatic carbocycles. The lowest BCUT2D eigenvalue weighted by molar-refractivity contribution is 0.441. The van der Waals surface area contributed by atoms with Crippen molar-refractivity contribution in [3.63, 3.8) is 0 Å². The molecule has 5 heteroatoms. The average Bonchev–Trinajstić information content (AvgIpc) is 2.57. The second-order valence-electron chi connectivity index (χ2n) is 2.89. The third-order valence-corrected chi connectivity index (χ3v) is 2.10. The van der Waals surface area contributed by atoms with Gasteiger partial charge in [0.05, 0.1) is 5.39 Å². The van der Waals surface area contributed by atoms with Gasteiger partial charge in [-0.25, -0.2) is 0 Å². The van der Waals surface area contributed by atoms with Gasteiger partial charge in [0.15, 0.2) is 0 Å². The van der Waals surface area contributed by atoms with Gasteiger partial charge in [0.2, 0.25) is 5.88 Å². The van der Waals surface area contributed by atoms with Gasteiger partial charge in [0.1, 0.15) is 5.52 Å². The fourth-order valence-corrected chi connectivity index (χ4v) is 1.40. The highest BCUT2D eigenvalue weighted by atomic mass is 35.5. The van der Waals surface area contributed by atoms with Gasteiger partial charge in [0.25, 0.3) is 0 Å². The van der Waals surface area contributed by atoms with Crippen molar-refractivity contribution in [1.82, 2.24) is 5.16 Å². The molecule has 74 valence electrons. The number of benzene rings is 1. The molecule has 2 aromatic rings. The maximum absolute atomic E-state index is 5.86. The minimum atomic E-state index is 0.544. The summed E-state index contributed by atoms with van der Waals surface area (Å²) in [5.74, 6) is 0.618. The predicted molar refractivity (Wildman–Crippen MR) is 56.6 cm³/mol. The van der Waals surface area contributed by atoms with Crippen molar-refractivity contribution in [3.05, 3.63) is 23.2 Å². The van der Waals surface area contributed by atoms with Crippen molar-refractivity contribution in [2.75, 3.05) is 18.4 Å². The van der Waals surface area contributed by atoms with Crippen molar-refractivity contribution >= 4 is 28.4 Å². The highest BCUT2D eigenvalue weighted by Crippen LogP contribution is 2.25. The van der Waals surface area contributed by atoms with Crippen LogP contribution < -0.4 is 11.1 Å². The van der Waals surface area contributed by atoms with Gasteiger partial charge in [-0.3, -0.25) is 0 Å². The summed E-state index contributed by atoms with van der Waals surface area (Å²) in [5.41, 5.74) is 6.15. The van der Waals surface area contributed by atoms with E-state index in [1.54, 1.807) is 6.07 Å². The maximum atomic E-state index is 5.86. The Morgan fingerprint density at radius 3 is 3.14 bits per heavy atom. The Hall–Kier alpha value is -1.26. The van der Waals surface area contributed by atoms with Crippen molar-refractivity contribution in [3.8, 4) is 0 Å². The van der Waals surface area contributed by atoms with Crippen LogP contribution in [0.25, 0.3) is 10.9 Å². The number of aromatic nitrogens is 1. The van der Waals surface area contributed by atoms with Gasteiger partial charge in [-0.05, 0) is 18.2 Å². The molecule has 0 saturated heterocycles. The molecular formula is C9H10ClN3O. The Balaban J connectivity index is 2.40. The first-order valence-corrected chi connectivity index (χ1v) is 4.68. The van der Waals surface area contributed by atoms with E-state index in [1.165, 1.54) is 0 Å². The van der Waals surface area contributed by atoms with Crippen LogP contribution in [0, 0.1) is 0 Å². The third-order valence-electron chi connectivity index (χ3n) is 1.87. The summed E-state index contributed by atoms with van der Waals surface area (Å²) in [4.78, 5) is 0. The fourth-order valence-electron chi connectivity index (χ4n) is 1.23. The molecule has 0 amide bonds. The number of rotatable bonds is 3. The van der Waals surface area contributed by atoms with Gasteiger partial charge in [0, 0.05) is 18.1 Å². The van der Waals surface area contributed by atoms with E-state index >= 15 is 0 Å². The van der Waals surface area contributed by atoms with Crippen LogP contribution in [0.5, 0.6) is 0 Å². The second kappa shape index (κ2) is 3.86. The Morgan fingerprint density at radius 1 is 1.50 bits per heavy atom. The van der Waals surface area contributed by atoms with Crippen LogP contribution in [-0.2, 0) is 0 Å². The second-order valence-corrected chi connectivity index (χ2v) is 3.33. The molecule has 0 fully saturated rings. The molecule has 0 spiro atoms. The first-order valence-electron chi connectivity index (χ1n) is 4.30. The lowest BCUT2D eigenvalue weighted by atomic mass is 10.2. The minimum absolute atomic E-state index is 0.544. The highest BCUT2D eigenvalue weighted by molar-refractivity contribution is 6.31. The molecule has 0 aliphatic rings. The Bertz CT molecular complexity index is 441. The van der Waals surface area contributed by atoms with E-state index in [4.69, 9.17) is 21.9 Å². The van der Waals surface area contributed by atoms with E-state index in [0.29, 0.717) is 24.0 Å². The molecule has 14 heavy (non-hydrogen) atoms. The molecule has 1 heterocycles. The molecular weight excluding hydrogens is 202 g/mol. The van der Waals surface area contributed by atoms with Gasteiger partial charge in [-0.2, -0.15) is 0 Å². The van der Waals surface area contributed by atoms with E-state index < -0.39 is 0 Å². The summed E-state index contributed by atoms with van der Waals surface area (Å²) in [5, 5.41) is 8.45. The number of anilines is 1. The Kier molecular flexibility index (Phi) is 2.56. The van der Waals surface area contributed by atoms with E-state index in [0.717, 1.165) is 10.9 Å². The van der Waals surface area contributed by atoms with Crippen LogP contribution in [0.1, 0.15) is 0 Å². The first kappa shape index (κ1) is 9.30. The van der Waals surface area contributed by atoms with Gasteiger partial charge >= 0.3 is 0 Å². The van der Waals surface area contributed by atoms with E-state index in [1.807, 2.05) is 12.1 Å². The molecule has 1 aromatic heterocycles. The fraction of sp³-hybridized carbons (Fsp3) is 0.222.